The van der Waals surface area contributed by atoms with Gasteiger partial charge in [-0.05, 0) is 35.4 Å². The van der Waals surface area contributed by atoms with E-state index in [1.54, 1.807) is 31.3 Å². The Balaban J connectivity index is 1.94. The van der Waals surface area contributed by atoms with Gasteiger partial charge < -0.3 is 10.6 Å². The third kappa shape index (κ3) is 5.32. The molecular formula is C16H19FN4O2S. The summed E-state index contributed by atoms with van der Waals surface area (Å²) in [7, 11) is -2.12. The van der Waals surface area contributed by atoms with E-state index in [1.807, 2.05) is 0 Å². The second-order valence-electron chi connectivity index (χ2n) is 5.10. The summed E-state index contributed by atoms with van der Waals surface area (Å²) in [6.45, 7) is 0.779. The Bertz CT molecular complexity index is 837. The smallest absolute Gasteiger partial charge is 0.238 e. The molecule has 24 heavy (non-hydrogen) atoms. The van der Waals surface area contributed by atoms with E-state index in [0.29, 0.717) is 19.0 Å². The summed E-state index contributed by atoms with van der Waals surface area (Å²) in [5.41, 5.74) is 1.53. The van der Waals surface area contributed by atoms with Gasteiger partial charge in [-0.2, -0.15) is 0 Å². The van der Waals surface area contributed by atoms with Gasteiger partial charge in [0.05, 0.1) is 4.90 Å². The number of rotatable bonds is 5. The van der Waals surface area contributed by atoms with E-state index in [4.69, 9.17) is 5.14 Å². The number of guanidine groups is 1. The van der Waals surface area contributed by atoms with Crippen molar-refractivity contribution < 1.29 is 12.8 Å². The van der Waals surface area contributed by atoms with Gasteiger partial charge in [-0.3, -0.25) is 4.99 Å². The molecule has 2 aromatic rings. The zero-order valence-electron chi connectivity index (χ0n) is 13.2. The molecule has 0 radical (unpaired) electrons. The number of hydrogen-bond acceptors (Lipinski definition) is 3. The lowest BCUT2D eigenvalue weighted by Gasteiger charge is -2.12. The molecule has 0 fully saturated rings. The molecule has 0 saturated carbocycles. The highest BCUT2D eigenvalue weighted by Crippen LogP contribution is 2.09. The number of sulfonamides is 1. The Hall–Kier alpha value is -2.45. The highest BCUT2D eigenvalue weighted by atomic mass is 32.2. The topological polar surface area (TPSA) is 96.6 Å². The number of nitrogens with zero attached hydrogens (tertiary/aromatic N) is 1. The molecule has 4 N–H and O–H groups in total. The predicted octanol–water partition coefficient (Wildman–Crippen LogP) is 1.34. The summed E-state index contributed by atoms with van der Waals surface area (Å²) in [5.74, 6) is 0.220. The van der Waals surface area contributed by atoms with Crippen LogP contribution < -0.4 is 15.8 Å². The monoisotopic (exact) mass is 350 g/mol. The molecule has 0 unspecified atom stereocenters. The van der Waals surface area contributed by atoms with Crippen LogP contribution in [0.4, 0.5) is 4.39 Å². The van der Waals surface area contributed by atoms with E-state index in [2.05, 4.69) is 15.6 Å². The fourth-order valence-corrected chi connectivity index (χ4v) is 2.66. The quantitative estimate of drug-likeness (QED) is 0.560. The molecule has 2 rings (SSSR count). The summed E-state index contributed by atoms with van der Waals surface area (Å²) in [4.78, 5) is 4.13. The van der Waals surface area contributed by atoms with E-state index in [1.165, 1.54) is 24.3 Å². The number of aliphatic imine (C=N–C) groups is 1. The van der Waals surface area contributed by atoms with Crippen LogP contribution in [0.1, 0.15) is 11.1 Å². The normalized spacial score (nSPS) is 12.0. The van der Waals surface area contributed by atoms with E-state index in [0.717, 1.165) is 11.1 Å². The number of halogens is 1. The van der Waals surface area contributed by atoms with Crippen LogP contribution in [0.3, 0.4) is 0 Å². The fourth-order valence-electron chi connectivity index (χ4n) is 2.07. The number of nitrogens with one attached hydrogen (secondary N) is 2. The summed E-state index contributed by atoms with van der Waals surface area (Å²) in [6.07, 6.45) is 0. The molecule has 0 aliphatic carbocycles. The molecular weight excluding hydrogens is 331 g/mol. The lowest BCUT2D eigenvalue weighted by molar-refractivity contribution is 0.597. The van der Waals surface area contributed by atoms with Crippen molar-refractivity contribution >= 4 is 16.0 Å². The predicted molar refractivity (Wildman–Crippen MR) is 91.3 cm³/mol. The minimum atomic E-state index is -3.73. The summed E-state index contributed by atoms with van der Waals surface area (Å²) in [6, 6.07) is 12.6. The highest BCUT2D eigenvalue weighted by Gasteiger charge is 2.08. The number of primary sulfonamides is 1. The average molecular weight is 350 g/mol. The zero-order valence-corrected chi connectivity index (χ0v) is 14.0. The van der Waals surface area contributed by atoms with Crippen LogP contribution in [0.25, 0.3) is 0 Å². The van der Waals surface area contributed by atoms with Crippen molar-refractivity contribution in [1.82, 2.24) is 10.6 Å². The van der Waals surface area contributed by atoms with Gasteiger partial charge in [0.25, 0.3) is 0 Å². The van der Waals surface area contributed by atoms with Gasteiger partial charge in [-0.15, -0.1) is 0 Å². The first-order chi connectivity index (χ1) is 11.4. The third-order valence-electron chi connectivity index (χ3n) is 3.26. The maximum atomic E-state index is 13.1. The van der Waals surface area contributed by atoms with Crippen molar-refractivity contribution in [1.29, 1.82) is 0 Å². The first-order valence-electron chi connectivity index (χ1n) is 7.19. The molecule has 0 aliphatic heterocycles. The Morgan fingerprint density at radius 2 is 1.67 bits per heavy atom. The van der Waals surface area contributed by atoms with Crippen molar-refractivity contribution in [2.45, 2.75) is 18.0 Å². The van der Waals surface area contributed by atoms with Crippen molar-refractivity contribution in [2.24, 2.45) is 10.1 Å². The Morgan fingerprint density at radius 1 is 1.08 bits per heavy atom. The van der Waals surface area contributed by atoms with Crippen molar-refractivity contribution in [3.05, 3.63) is 65.5 Å². The largest absolute Gasteiger partial charge is 0.352 e. The van der Waals surface area contributed by atoms with Crippen molar-refractivity contribution in [2.75, 3.05) is 7.05 Å². The Morgan fingerprint density at radius 3 is 2.21 bits per heavy atom. The highest BCUT2D eigenvalue weighted by molar-refractivity contribution is 7.89. The van der Waals surface area contributed by atoms with Crippen LogP contribution in [-0.4, -0.2) is 21.4 Å². The third-order valence-corrected chi connectivity index (χ3v) is 4.17. The molecule has 2 aromatic carbocycles. The van der Waals surface area contributed by atoms with Gasteiger partial charge in [0.1, 0.15) is 5.82 Å². The van der Waals surface area contributed by atoms with Gasteiger partial charge in [0.15, 0.2) is 5.96 Å². The van der Waals surface area contributed by atoms with Crippen LogP contribution in [0.5, 0.6) is 0 Å². The van der Waals surface area contributed by atoms with Gasteiger partial charge >= 0.3 is 0 Å². The van der Waals surface area contributed by atoms with E-state index in [9.17, 15) is 12.8 Å². The maximum absolute atomic E-state index is 13.1. The van der Waals surface area contributed by atoms with Crippen molar-refractivity contribution in [3.8, 4) is 0 Å². The lowest BCUT2D eigenvalue weighted by Crippen LogP contribution is -2.36. The fraction of sp³-hybridized carbons (Fsp3) is 0.188. The van der Waals surface area contributed by atoms with E-state index < -0.39 is 10.0 Å². The Labute approximate surface area is 140 Å². The lowest BCUT2D eigenvalue weighted by atomic mass is 10.2. The standard InChI is InChI=1S/C16H19FN4O2S/c1-19-16(20-10-12-4-2-6-14(17)8-12)21-11-13-5-3-7-15(9-13)24(18,22)23/h2-9H,10-11H2,1H3,(H2,18,22,23)(H2,19,20,21). The molecule has 8 heteroatoms. The maximum Gasteiger partial charge on any atom is 0.238 e. The number of benzene rings is 2. The van der Waals surface area contributed by atoms with Gasteiger partial charge in [-0.1, -0.05) is 24.3 Å². The van der Waals surface area contributed by atoms with Crippen LogP contribution in [-0.2, 0) is 23.1 Å². The molecule has 0 heterocycles. The molecule has 6 nitrogen and oxygen atoms in total. The molecule has 0 atom stereocenters. The van der Waals surface area contributed by atoms with Gasteiger partial charge in [-0.25, -0.2) is 17.9 Å². The molecule has 0 aliphatic rings. The Kier molecular flexibility index (Phi) is 5.88. The molecule has 128 valence electrons. The van der Waals surface area contributed by atoms with Crippen LogP contribution in [0.15, 0.2) is 58.4 Å². The molecule has 0 amide bonds. The zero-order chi connectivity index (χ0) is 17.6. The first-order valence-corrected chi connectivity index (χ1v) is 8.74. The average Bonchev–Trinajstić information content (AvgIpc) is 2.54. The number of nitrogens with two attached hydrogens (primary N) is 1. The molecule has 0 saturated heterocycles. The molecule has 0 spiro atoms. The van der Waals surface area contributed by atoms with Crippen LogP contribution in [0.2, 0.25) is 0 Å². The number of hydrogen-bond donors (Lipinski definition) is 3. The SMILES string of the molecule is CN=C(NCc1cccc(F)c1)NCc1cccc(S(N)(=O)=O)c1. The minimum absolute atomic E-state index is 0.0597. The van der Waals surface area contributed by atoms with Crippen molar-refractivity contribution in [3.63, 3.8) is 0 Å². The summed E-state index contributed by atoms with van der Waals surface area (Å²) in [5, 5.41) is 11.2. The van der Waals surface area contributed by atoms with Gasteiger partial charge in [0.2, 0.25) is 10.0 Å². The molecule has 0 aromatic heterocycles. The second kappa shape index (κ2) is 7.89. The van der Waals surface area contributed by atoms with E-state index >= 15 is 0 Å². The summed E-state index contributed by atoms with van der Waals surface area (Å²) < 4.78 is 35.9. The molecule has 0 bridgehead atoms. The summed E-state index contributed by atoms with van der Waals surface area (Å²) >= 11 is 0. The first kappa shape index (κ1) is 17.9. The van der Waals surface area contributed by atoms with Crippen LogP contribution >= 0.6 is 0 Å². The van der Waals surface area contributed by atoms with Gasteiger partial charge in [0, 0.05) is 20.1 Å². The van der Waals surface area contributed by atoms with Crippen LogP contribution in [0, 0.1) is 5.82 Å². The van der Waals surface area contributed by atoms with E-state index in [-0.39, 0.29) is 10.7 Å². The second-order valence-corrected chi connectivity index (χ2v) is 6.66. The minimum Gasteiger partial charge on any atom is -0.352 e.